The highest BCUT2D eigenvalue weighted by Gasteiger charge is 2.33. The third kappa shape index (κ3) is 6.72. The van der Waals surface area contributed by atoms with Crippen LogP contribution in [0.15, 0.2) is 36.4 Å². The van der Waals surface area contributed by atoms with Gasteiger partial charge in [-0.3, -0.25) is 14.5 Å². The second kappa shape index (κ2) is 9.23. The van der Waals surface area contributed by atoms with Crippen molar-refractivity contribution < 1.29 is 27.2 Å². The number of alkyl halides is 3. The number of likely N-dealkylation sites (N-methyl/N-ethyl adjacent to an activating group) is 1. The van der Waals surface area contributed by atoms with Gasteiger partial charge in [0.25, 0.3) is 0 Å². The van der Waals surface area contributed by atoms with E-state index in [-0.39, 0.29) is 24.5 Å². The predicted octanol–water partition coefficient (Wildman–Crippen LogP) is 4.32. The molecule has 0 atom stereocenters. The van der Waals surface area contributed by atoms with Crippen LogP contribution in [0.3, 0.4) is 0 Å². The number of amides is 2. The van der Waals surface area contributed by atoms with E-state index in [1.54, 1.807) is 13.0 Å². The number of nitrogens with one attached hydrogen (secondary N) is 2. The molecule has 0 radical (unpaired) electrons. The Morgan fingerprint density at radius 1 is 1.03 bits per heavy atom. The minimum atomic E-state index is -4.65. The highest BCUT2D eigenvalue weighted by Crippen LogP contribution is 2.36. The van der Waals surface area contributed by atoms with Crippen LogP contribution in [0.4, 0.5) is 28.9 Å². The first-order valence-corrected chi connectivity index (χ1v) is 8.74. The summed E-state index contributed by atoms with van der Waals surface area (Å²) >= 11 is 5.53. The topological polar surface area (TPSA) is 61.4 Å². The summed E-state index contributed by atoms with van der Waals surface area (Å²) in [6.07, 6.45) is -4.65. The molecule has 5 nitrogen and oxygen atoms in total. The van der Waals surface area contributed by atoms with Crippen LogP contribution in [0.5, 0.6) is 0 Å². The van der Waals surface area contributed by atoms with Gasteiger partial charge in [-0.2, -0.15) is 13.2 Å². The van der Waals surface area contributed by atoms with Crippen LogP contribution in [0.2, 0.25) is 5.02 Å². The van der Waals surface area contributed by atoms with Crippen LogP contribution >= 0.6 is 11.6 Å². The van der Waals surface area contributed by atoms with Gasteiger partial charge in [0.1, 0.15) is 5.82 Å². The van der Waals surface area contributed by atoms with Gasteiger partial charge in [-0.25, -0.2) is 4.39 Å². The number of hydrogen-bond donors (Lipinski definition) is 2. The van der Waals surface area contributed by atoms with E-state index < -0.39 is 34.4 Å². The molecular weight excluding hydrogens is 414 g/mol. The third-order valence-electron chi connectivity index (χ3n) is 3.78. The summed E-state index contributed by atoms with van der Waals surface area (Å²) in [5.41, 5.74) is -0.430. The van der Waals surface area contributed by atoms with Gasteiger partial charge >= 0.3 is 6.18 Å². The number of anilines is 2. The number of carbonyl (C=O) groups is 2. The van der Waals surface area contributed by atoms with Gasteiger partial charge in [0, 0.05) is 5.69 Å². The molecule has 2 rings (SSSR count). The van der Waals surface area contributed by atoms with Gasteiger partial charge in [0.15, 0.2) is 0 Å². The summed E-state index contributed by atoms with van der Waals surface area (Å²) in [6, 6.07) is 7.34. The molecule has 0 saturated carbocycles. The molecule has 10 heteroatoms. The third-order valence-corrected chi connectivity index (χ3v) is 4.11. The van der Waals surface area contributed by atoms with Crippen molar-refractivity contribution >= 4 is 34.8 Å². The van der Waals surface area contributed by atoms with Crippen LogP contribution in [0.25, 0.3) is 0 Å². The molecule has 156 valence electrons. The summed E-state index contributed by atoms with van der Waals surface area (Å²) in [5, 5.41) is 4.24. The molecular formula is C19H18ClF4N3O2. The molecule has 0 unspecified atom stereocenters. The SMILES string of the molecule is Cc1ccc(NC(=O)CN(C)CC(=O)Nc2ccc(Cl)c(C(F)(F)F)c2)c(F)c1. The first-order valence-electron chi connectivity index (χ1n) is 8.37. The number of aryl methyl sites for hydroxylation is 1. The fourth-order valence-corrected chi connectivity index (χ4v) is 2.70. The van der Waals surface area contributed by atoms with Crippen molar-refractivity contribution in [2.75, 3.05) is 30.8 Å². The lowest BCUT2D eigenvalue weighted by atomic mass is 10.2. The Hall–Kier alpha value is -2.65. The van der Waals surface area contributed by atoms with Gasteiger partial charge < -0.3 is 10.6 Å². The Labute approximate surface area is 169 Å². The lowest BCUT2D eigenvalue weighted by Gasteiger charge is -2.17. The molecule has 0 aromatic heterocycles. The second-order valence-corrected chi connectivity index (χ2v) is 6.85. The fraction of sp³-hybridized carbons (Fsp3) is 0.263. The summed E-state index contributed by atoms with van der Waals surface area (Å²) in [6.45, 7) is 1.21. The molecule has 0 aliphatic rings. The average Bonchev–Trinajstić information content (AvgIpc) is 2.57. The van der Waals surface area contributed by atoms with E-state index in [0.717, 1.165) is 12.1 Å². The van der Waals surface area contributed by atoms with Gasteiger partial charge in [-0.1, -0.05) is 17.7 Å². The number of benzene rings is 2. The van der Waals surface area contributed by atoms with Crippen molar-refractivity contribution in [3.05, 3.63) is 58.4 Å². The quantitative estimate of drug-likeness (QED) is 0.670. The van der Waals surface area contributed by atoms with Crippen LogP contribution in [0.1, 0.15) is 11.1 Å². The second-order valence-electron chi connectivity index (χ2n) is 6.44. The molecule has 0 bridgehead atoms. The van der Waals surface area contributed by atoms with Crippen molar-refractivity contribution in [2.24, 2.45) is 0 Å². The maximum absolute atomic E-state index is 13.8. The van der Waals surface area contributed by atoms with Gasteiger partial charge in [-0.05, 0) is 49.9 Å². The van der Waals surface area contributed by atoms with E-state index in [4.69, 9.17) is 11.6 Å². The lowest BCUT2D eigenvalue weighted by molar-refractivity contribution is -0.137. The molecule has 0 spiro atoms. The first-order chi connectivity index (χ1) is 13.5. The zero-order chi connectivity index (χ0) is 21.8. The highest BCUT2D eigenvalue weighted by atomic mass is 35.5. The molecule has 29 heavy (non-hydrogen) atoms. The molecule has 0 aliphatic heterocycles. The number of rotatable bonds is 6. The smallest absolute Gasteiger partial charge is 0.325 e. The largest absolute Gasteiger partial charge is 0.417 e. The monoisotopic (exact) mass is 431 g/mol. The lowest BCUT2D eigenvalue weighted by Crippen LogP contribution is -2.36. The molecule has 2 aromatic carbocycles. The Morgan fingerprint density at radius 2 is 1.66 bits per heavy atom. The Balaban J connectivity index is 1.91. The molecule has 2 aromatic rings. The van der Waals surface area contributed by atoms with E-state index in [0.29, 0.717) is 5.56 Å². The maximum Gasteiger partial charge on any atom is 0.417 e. The summed E-state index contributed by atoms with van der Waals surface area (Å²) in [4.78, 5) is 25.4. The molecule has 0 aliphatic carbocycles. The van der Waals surface area contributed by atoms with E-state index in [1.807, 2.05) is 0 Å². The van der Waals surface area contributed by atoms with Crippen LogP contribution < -0.4 is 10.6 Å². The molecule has 0 heterocycles. The van der Waals surface area contributed by atoms with Crippen molar-refractivity contribution in [2.45, 2.75) is 13.1 Å². The molecule has 0 fully saturated rings. The van der Waals surface area contributed by atoms with Crippen LogP contribution in [-0.4, -0.2) is 36.9 Å². The Kier molecular flexibility index (Phi) is 7.21. The normalized spacial score (nSPS) is 11.4. The molecule has 0 saturated heterocycles. The standard InChI is InChI=1S/C19H18ClF4N3O2/c1-11-3-6-16(15(21)7-11)26-18(29)10-27(2)9-17(28)25-12-4-5-14(20)13(8-12)19(22,23)24/h3-8H,9-10H2,1-2H3,(H,25,28)(H,26,29). The van der Waals surface area contributed by atoms with Crippen LogP contribution in [-0.2, 0) is 15.8 Å². The zero-order valence-corrected chi connectivity index (χ0v) is 16.3. The summed E-state index contributed by atoms with van der Waals surface area (Å²) in [7, 11) is 1.47. The van der Waals surface area contributed by atoms with E-state index >= 15 is 0 Å². The van der Waals surface area contributed by atoms with Gasteiger partial charge in [0.05, 0.1) is 29.4 Å². The van der Waals surface area contributed by atoms with Gasteiger partial charge in [0.2, 0.25) is 11.8 Å². The zero-order valence-electron chi connectivity index (χ0n) is 15.5. The minimum absolute atomic E-state index is 0.0132. The van der Waals surface area contributed by atoms with Crippen molar-refractivity contribution in [3.63, 3.8) is 0 Å². The maximum atomic E-state index is 13.8. The number of halogens is 5. The van der Waals surface area contributed by atoms with Gasteiger partial charge in [-0.15, -0.1) is 0 Å². The van der Waals surface area contributed by atoms with Crippen molar-refractivity contribution in [1.29, 1.82) is 0 Å². The van der Waals surface area contributed by atoms with Crippen LogP contribution in [0, 0.1) is 12.7 Å². The van der Waals surface area contributed by atoms with E-state index in [2.05, 4.69) is 10.6 Å². The molecule has 2 N–H and O–H groups in total. The first kappa shape index (κ1) is 22.6. The minimum Gasteiger partial charge on any atom is -0.325 e. The average molecular weight is 432 g/mol. The Bertz CT molecular complexity index is 919. The number of hydrogen-bond acceptors (Lipinski definition) is 3. The number of nitrogens with zero attached hydrogens (tertiary/aromatic N) is 1. The van der Waals surface area contributed by atoms with Crippen molar-refractivity contribution in [3.8, 4) is 0 Å². The predicted molar refractivity (Wildman–Crippen MR) is 102 cm³/mol. The summed E-state index contributed by atoms with van der Waals surface area (Å²) < 4.78 is 52.4. The highest BCUT2D eigenvalue weighted by molar-refractivity contribution is 6.31. The van der Waals surface area contributed by atoms with E-state index in [1.165, 1.54) is 30.1 Å². The molecule has 2 amide bonds. The van der Waals surface area contributed by atoms with E-state index in [9.17, 15) is 27.2 Å². The summed E-state index contributed by atoms with van der Waals surface area (Å²) in [5.74, 6) is -1.76. The number of carbonyl (C=O) groups excluding carboxylic acids is 2. The Morgan fingerprint density at radius 3 is 2.24 bits per heavy atom. The fourth-order valence-electron chi connectivity index (χ4n) is 2.48. The van der Waals surface area contributed by atoms with Crippen molar-refractivity contribution in [1.82, 2.24) is 4.90 Å².